The highest BCUT2D eigenvalue weighted by atomic mass is 16.3. The number of aliphatic hydroxyl groups excluding tert-OH is 3. The highest BCUT2D eigenvalue weighted by Gasteiger charge is 2.63. The Bertz CT molecular complexity index is 605. The van der Waals surface area contributed by atoms with E-state index >= 15 is 0 Å². The van der Waals surface area contributed by atoms with Gasteiger partial charge in [0.15, 0.2) is 0 Å². The van der Waals surface area contributed by atoms with Crippen molar-refractivity contribution in [1.82, 2.24) is 0 Å². The first kappa shape index (κ1) is 23.1. The molecule has 0 radical (unpaired) electrons. The fraction of sp³-hybridized carbons (Fsp3) is 1.00. The van der Waals surface area contributed by atoms with Crippen molar-refractivity contribution in [3.63, 3.8) is 0 Å². The highest BCUT2D eigenvalue weighted by molar-refractivity contribution is 5.12. The SMILES string of the molecule is CC(C)CCC(O)[C@@H](C)[C@H]1CC[C@H]2[C@@H]3C(O)CC4CC(O)CC[C@]4(C)[C@H]3CC[C@]12C. The minimum absolute atomic E-state index is 0.162. The van der Waals surface area contributed by atoms with Gasteiger partial charge < -0.3 is 15.3 Å². The van der Waals surface area contributed by atoms with Crippen LogP contribution in [0.25, 0.3) is 0 Å². The predicted molar refractivity (Wildman–Crippen MR) is 122 cm³/mol. The van der Waals surface area contributed by atoms with Crippen LogP contribution in [-0.4, -0.2) is 33.6 Å². The lowest BCUT2D eigenvalue weighted by molar-refractivity contribution is -0.175. The lowest BCUT2D eigenvalue weighted by atomic mass is 9.43. The maximum atomic E-state index is 11.4. The number of hydrogen-bond acceptors (Lipinski definition) is 3. The van der Waals surface area contributed by atoms with Gasteiger partial charge in [0.1, 0.15) is 0 Å². The van der Waals surface area contributed by atoms with Crippen LogP contribution in [0.3, 0.4) is 0 Å². The van der Waals surface area contributed by atoms with Gasteiger partial charge in [-0.05, 0) is 116 Å². The topological polar surface area (TPSA) is 60.7 Å². The van der Waals surface area contributed by atoms with Gasteiger partial charge in [-0.25, -0.2) is 0 Å². The molecule has 3 N–H and O–H groups in total. The molecule has 0 aromatic carbocycles. The van der Waals surface area contributed by atoms with Crippen LogP contribution in [0.1, 0.15) is 98.8 Å². The van der Waals surface area contributed by atoms with Gasteiger partial charge in [-0.1, -0.05) is 34.6 Å². The summed E-state index contributed by atoms with van der Waals surface area (Å²) in [7, 11) is 0. The van der Waals surface area contributed by atoms with Gasteiger partial charge >= 0.3 is 0 Å². The second kappa shape index (κ2) is 8.34. The number of aliphatic hydroxyl groups is 3. The summed E-state index contributed by atoms with van der Waals surface area (Å²) in [5, 5.41) is 32.6. The average Bonchev–Trinajstić information content (AvgIpc) is 3.04. The molecule has 0 amide bonds. The lowest BCUT2D eigenvalue weighted by Crippen LogP contribution is -2.58. The zero-order chi connectivity index (χ0) is 21.8. The summed E-state index contributed by atoms with van der Waals surface area (Å²) in [4.78, 5) is 0. The minimum atomic E-state index is -0.206. The molecule has 0 heterocycles. The number of hydrogen-bond donors (Lipinski definition) is 3. The van der Waals surface area contributed by atoms with Gasteiger partial charge in [0, 0.05) is 0 Å². The molecule has 11 atom stereocenters. The van der Waals surface area contributed by atoms with Crippen molar-refractivity contribution < 1.29 is 15.3 Å². The van der Waals surface area contributed by atoms with Crippen LogP contribution in [0.15, 0.2) is 0 Å². The van der Waals surface area contributed by atoms with E-state index < -0.39 is 0 Å². The summed E-state index contributed by atoms with van der Waals surface area (Å²) in [6.45, 7) is 11.8. The summed E-state index contributed by atoms with van der Waals surface area (Å²) in [6, 6.07) is 0. The van der Waals surface area contributed by atoms with Crippen LogP contribution in [0.2, 0.25) is 0 Å². The Labute approximate surface area is 185 Å². The van der Waals surface area contributed by atoms with Crippen molar-refractivity contribution in [3.05, 3.63) is 0 Å². The van der Waals surface area contributed by atoms with Gasteiger partial charge in [-0.2, -0.15) is 0 Å². The van der Waals surface area contributed by atoms with Crippen LogP contribution in [-0.2, 0) is 0 Å². The molecular formula is C27H48O3. The van der Waals surface area contributed by atoms with E-state index in [1.165, 1.54) is 25.7 Å². The Kier molecular flexibility index (Phi) is 6.41. The fourth-order valence-electron chi connectivity index (χ4n) is 9.14. The molecule has 174 valence electrons. The fourth-order valence-corrected chi connectivity index (χ4v) is 9.14. The van der Waals surface area contributed by atoms with E-state index in [0.29, 0.717) is 46.8 Å². The van der Waals surface area contributed by atoms with Crippen LogP contribution in [0.5, 0.6) is 0 Å². The molecule has 0 aromatic rings. The largest absolute Gasteiger partial charge is 0.393 e. The summed E-state index contributed by atoms with van der Waals surface area (Å²) in [6.07, 6.45) is 10.2. The molecule has 3 nitrogen and oxygen atoms in total. The van der Waals surface area contributed by atoms with E-state index in [1.54, 1.807) is 0 Å². The number of rotatable bonds is 5. The van der Waals surface area contributed by atoms with Crippen molar-refractivity contribution in [2.45, 2.75) is 117 Å². The smallest absolute Gasteiger partial charge is 0.0577 e. The Morgan fingerprint density at radius 3 is 2.20 bits per heavy atom. The molecule has 4 fully saturated rings. The molecule has 0 saturated heterocycles. The van der Waals surface area contributed by atoms with E-state index in [4.69, 9.17) is 0 Å². The third-order valence-electron chi connectivity index (χ3n) is 11.0. The Morgan fingerprint density at radius 1 is 0.833 bits per heavy atom. The van der Waals surface area contributed by atoms with Gasteiger partial charge in [0.05, 0.1) is 18.3 Å². The van der Waals surface area contributed by atoms with Gasteiger partial charge in [-0.15, -0.1) is 0 Å². The first-order valence-electron chi connectivity index (χ1n) is 13.1. The van der Waals surface area contributed by atoms with Crippen LogP contribution < -0.4 is 0 Å². The average molecular weight is 421 g/mol. The van der Waals surface area contributed by atoms with Crippen molar-refractivity contribution >= 4 is 0 Å². The summed E-state index contributed by atoms with van der Waals surface area (Å²) in [5.41, 5.74) is 0.558. The monoisotopic (exact) mass is 420 g/mol. The standard InChI is InChI=1S/C27H48O3/c1-16(2)6-9-23(29)17(3)20-7-8-21-25-22(11-13-27(20,21)5)26(4)12-10-19(28)14-18(26)15-24(25)30/h16-25,28-30H,6-15H2,1-5H3/t17-,18?,19?,20+,21-,22-,23?,24?,25-,26-,27+/m0/s1. The van der Waals surface area contributed by atoms with E-state index in [-0.39, 0.29) is 23.7 Å². The quantitative estimate of drug-likeness (QED) is 0.557. The molecular weight excluding hydrogens is 372 g/mol. The first-order chi connectivity index (χ1) is 14.1. The Balaban J connectivity index is 1.53. The molecule has 4 aliphatic carbocycles. The van der Waals surface area contributed by atoms with Crippen molar-refractivity contribution in [1.29, 1.82) is 0 Å². The van der Waals surface area contributed by atoms with Crippen LogP contribution in [0.4, 0.5) is 0 Å². The summed E-state index contributed by atoms with van der Waals surface area (Å²) < 4.78 is 0. The molecule has 30 heavy (non-hydrogen) atoms. The number of fused-ring (bicyclic) bond motifs is 5. The molecule has 0 spiro atoms. The normalized spacial score (nSPS) is 50.5. The molecule has 4 rings (SSSR count). The van der Waals surface area contributed by atoms with Crippen molar-refractivity contribution in [2.24, 2.45) is 52.3 Å². The van der Waals surface area contributed by atoms with Gasteiger partial charge in [0.25, 0.3) is 0 Å². The second-order valence-electron chi connectivity index (χ2n) is 12.9. The van der Waals surface area contributed by atoms with Crippen LogP contribution in [0, 0.1) is 52.3 Å². The van der Waals surface area contributed by atoms with Gasteiger partial charge in [0.2, 0.25) is 0 Å². The molecule has 0 bridgehead atoms. The highest BCUT2D eigenvalue weighted by Crippen LogP contribution is 2.68. The predicted octanol–water partition coefficient (Wildman–Crippen LogP) is 5.41. The van der Waals surface area contributed by atoms with E-state index in [9.17, 15) is 15.3 Å². The Hall–Kier alpha value is -0.120. The van der Waals surface area contributed by atoms with Crippen LogP contribution >= 0.6 is 0 Å². The third-order valence-corrected chi connectivity index (χ3v) is 11.0. The maximum Gasteiger partial charge on any atom is 0.0577 e. The molecule has 3 heteroatoms. The maximum absolute atomic E-state index is 11.4. The lowest BCUT2D eigenvalue weighted by Gasteiger charge is -2.62. The molecule has 0 aromatic heterocycles. The third kappa shape index (κ3) is 3.69. The zero-order valence-corrected chi connectivity index (χ0v) is 20.2. The van der Waals surface area contributed by atoms with Gasteiger partial charge in [-0.3, -0.25) is 0 Å². The van der Waals surface area contributed by atoms with E-state index in [0.717, 1.165) is 38.5 Å². The minimum Gasteiger partial charge on any atom is -0.393 e. The van der Waals surface area contributed by atoms with Crippen molar-refractivity contribution in [2.75, 3.05) is 0 Å². The molecule has 4 unspecified atom stereocenters. The first-order valence-corrected chi connectivity index (χ1v) is 13.1. The molecule has 4 aliphatic rings. The van der Waals surface area contributed by atoms with E-state index in [2.05, 4.69) is 34.6 Å². The van der Waals surface area contributed by atoms with E-state index in [1.807, 2.05) is 0 Å². The van der Waals surface area contributed by atoms with Crippen molar-refractivity contribution in [3.8, 4) is 0 Å². The summed E-state index contributed by atoms with van der Waals surface area (Å²) in [5.74, 6) is 3.69. The summed E-state index contributed by atoms with van der Waals surface area (Å²) >= 11 is 0. The molecule has 4 saturated carbocycles. The zero-order valence-electron chi connectivity index (χ0n) is 20.2. The molecule has 0 aliphatic heterocycles. The Morgan fingerprint density at radius 2 is 1.50 bits per heavy atom. The second-order valence-corrected chi connectivity index (χ2v) is 12.9.